The second-order valence-electron chi connectivity index (χ2n) is 8.74. The Labute approximate surface area is 161 Å². The smallest absolute Gasteiger partial charge is 0.0816 e. The predicted molar refractivity (Wildman–Crippen MR) is 111 cm³/mol. The minimum absolute atomic E-state index is 0.742. The summed E-state index contributed by atoms with van der Waals surface area (Å²) in [6, 6.07) is 9.61. The SMILES string of the molecule is CCCC1CCC(CCc2ccc(C3CCC(=COC)CC3)cc2)CC1. The Kier molecular flexibility index (Phi) is 7.65. The fourth-order valence-corrected chi connectivity index (χ4v) is 5.15. The van der Waals surface area contributed by atoms with E-state index in [-0.39, 0.29) is 0 Å². The maximum Gasteiger partial charge on any atom is 0.0816 e. The van der Waals surface area contributed by atoms with Crippen LogP contribution in [0, 0.1) is 11.8 Å². The second-order valence-corrected chi connectivity index (χ2v) is 8.74. The molecule has 2 aliphatic rings. The maximum absolute atomic E-state index is 5.17. The van der Waals surface area contributed by atoms with Gasteiger partial charge in [0.2, 0.25) is 0 Å². The lowest BCUT2D eigenvalue weighted by molar-refractivity contribution is 0.252. The average Bonchev–Trinajstić information content (AvgIpc) is 2.69. The lowest BCUT2D eigenvalue weighted by atomic mass is 9.78. The Morgan fingerprint density at radius 1 is 0.885 bits per heavy atom. The summed E-state index contributed by atoms with van der Waals surface area (Å²) in [6.07, 6.45) is 18.3. The second kappa shape index (κ2) is 10.2. The van der Waals surface area contributed by atoms with E-state index < -0.39 is 0 Å². The Balaban J connectivity index is 1.42. The van der Waals surface area contributed by atoms with Crippen LogP contribution < -0.4 is 0 Å². The molecule has 0 aromatic heterocycles. The highest BCUT2D eigenvalue weighted by atomic mass is 16.5. The van der Waals surface area contributed by atoms with Crippen molar-refractivity contribution in [2.75, 3.05) is 7.11 Å². The third-order valence-corrected chi connectivity index (χ3v) is 6.87. The molecule has 0 spiro atoms. The first-order valence-corrected chi connectivity index (χ1v) is 11.1. The van der Waals surface area contributed by atoms with E-state index in [0.29, 0.717) is 0 Å². The molecule has 2 saturated carbocycles. The molecule has 26 heavy (non-hydrogen) atoms. The van der Waals surface area contributed by atoms with Gasteiger partial charge in [-0.1, -0.05) is 69.7 Å². The summed E-state index contributed by atoms with van der Waals surface area (Å²) in [4.78, 5) is 0. The monoisotopic (exact) mass is 354 g/mol. The van der Waals surface area contributed by atoms with E-state index in [1.807, 2.05) is 6.26 Å². The number of hydrogen-bond acceptors (Lipinski definition) is 1. The number of methoxy groups -OCH3 is 1. The van der Waals surface area contributed by atoms with E-state index in [1.54, 1.807) is 18.2 Å². The van der Waals surface area contributed by atoms with Gasteiger partial charge in [-0.3, -0.25) is 0 Å². The number of aryl methyl sites for hydroxylation is 1. The minimum atomic E-state index is 0.742. The van der Waals surface area contributed by atoms with Crippen molar-refractivity contribution in [1.82, 2.24) is 0 Å². The molecule has 0 N–H and O–H groups in total. The van der Waals surface area contributed by atoms with E-state index in [2.05, 4.69) is 31.2 Å². The van der Waals surface area contributed by atoms with Crippen LogP contribution in [-0.2, 0) is 11.2 Å². The Bertz CT molecular complexity index is 538. The van der Waals surface area contributed by atoms with Crippen LogP contribution in [0.5, 0.6) is 0 Å². The van der Waals surface area contributed by atoms with Gasteiger partial charge in [-0.05, 0) is 73.0 Å². The highest BCUT2D eigenvalue weighted by Gasteiger charge is 2.21. The molecule has 144 valence electrons. The molecule has 1 heteroatoms. The topological polar surface area (TPSA) is 9.23 Å². The van der Waals surface area contributed by atoms with Crippen LogP contribution in [0.2, 0.25) is 0 Å². The normalized spacial score (nSPS) is 26.5. The maximum atomic E-state index is 5.17. The molecule has 0 unspecified atom stereocenters. The van der Waals surface area contributed by atoms with Gasteiger partial charge in [0.1, 0.15) is 0 Å². The highest BCUT2D eigenvalue weighted by Crippen LogP contribution is 2.36. The first-order valence-electron chi connectivity index (χ1n) is 11.1. The molecule has 0 bridgehead atoms. The fourth-order valence-electron chi connectivity index (χ4n) is 5.15. The number of ether oxygens (including phenoxy) is 1. The summed E-state index contributed by atoms with van der Waals surface area (Å²) in [7, 11) is 1.76. The molecule has 0 atom stereocenters. The summed E-state index contributed by atoms with van der Waals surface area (Å²) in [5.74, 6) is 2.75. The van der Waals surface area contributed by atoms with Crippen LogP contribution in [-0.4, -0.2) is 7.11 Å². The zero-order valence-electron chi connectivity index (χ0n) is 17.0. The summed E-state index contributed by atoms with van der Waals surface area (Å²) in [6.45, 7) is 2.33. The van der Waals surface area contributed by atoms with Crippen LogP contribution >= 0.6 is 0 Å². The van der Waals surface area contributed by atoms with Crippen molar-refractivity contribution in [2.24, 2.45) is 11.8 Å². The van der Waals surface area contributed by atoms with Gasteiger partial charge >= 0.3 is 0 Å². The van der Waals surface area contributed by atoms with E-state index in [9.17, 15) is 0 Å². The average molecular weight is 355 g/mol. The molecule has 2 fully saturated rings. The third-order valence-electron chi connectivity index (χ3n) is 6.87. The van der Waals surface area contributed by atoms with Crippen LogP contribution in [0.15, 0.2) is 36.1 Å². The number of rotatable bonds is 7. The molecule has 3 rings (SSSR count). The summed E-state index contributed by atoms with van der Waals surface area (Å²) in [5, 5.41) is 0. The molecular formula is C25H38O. The van der Waals surface area contributed by atoms with Crippen LogP contribution in [0.1, 0.15) is 94.6 Å². The van der Waals surface area contributed by atoms with Gasteiger partial charge in [0.15, 0.2) is 0 Å². The number of hydrogen-bond donors (Lipinski definition) is 0. The lowest BCUT2D eigenvalue weighted by Gasteiger charge is -2.28. The highest BCUT2D eigenvalue weighted by molar-refractivity contribution is 5.27. The van der Waals surface area contributed by atoms with Crippen molar-refractivity contribution in [3.63, 3.8) is 0 Å². The van der Waals surface area contributed by atoms with Crippen molar-refractivity contribution in [3.05, 3.63) is 47.2 Å². The van der Waals surface area contributed by atoms with Gasteiger partial charge in [0.05, 0.1) is 13.4 Å². The van der Waals surface area contributed by atoms with E-state index >= 15 is 0 Å². The summed E-state index contributed by atoms with van der Waals surface area (Å²) in [5.41, 5.74) is 4.57. The van der Waals surface area contributed by atoms with Crippen molar-refractivity contribution in [3.8, 4) is 0 Å². The van der Waals surface area contributed by atoms with Crippen molar-refractivity contribution in [2.45, 2.75) is 89.9 Å². The number of allylic oxidation sites excluding steroid dienone is 1. The molecule has 0 radical (unpaired) electrons. The summed E-state index contributed by atoms with van der Waals surface area (Å²) >= 11 is 0. The molecule has 1 aromatic rings. The van der Waals surface area contributed by atoms with Gasteiger partial charge < -0.3 is 4.74 Å². The molecule has 0 amide bonds. The quantitative estimate of drug-likeness (QED) is 0.463. The first-order chi connectivity index (χ1) is 12.8. The predicted octanol–water partition coefficient (Wildman–Crippen LogP) is 7.41. The Hall–Kier alpha value is -1.24. The van der Waals surface area contributed by atoms with Gasteiger partial charge in [-0.2, -0.15) is 0 Å². The Morgan fingerprint density at radius 3 is 2.08 bits per heavy atom. The van der Waals surface area contributed by atoms with E-state index in [1.165, 1.54) is 82.6 Å². The van der Waals surface area contributed by atoms with Crippen molar-refractivity contribution >= 4 is 0 Å². The van der Waals surface area contributed by atoms with Gasteiger partial charge in [0, 0.05) is 0 Å². The Morgan fingerprint density at radius 2 is 1.50 bits per heavy atom. The van der Waals surface area contributed by atoms with Gasteiger partial charge in [-0.15, -0.1) is 0 Å². The zero-order chi connectivity index (χ0) is 18.2. The van der Waals surface area contributed by atoms with Gasteiger partial charge in [0.25, 0.3) is 0 Å². The van der Waals surface area contributed by atoms with E-state index in [0.717, 1.165) is 17.8 Å². The van der Waals surface area contributed by atoms with E-state index in [4.69, 9.17) is 4.74 Å². The van der Waals surface area contributed by atoms with Crippen LogP contribution in [0.25, 0.3) is 0 Å². The molecule has 1 nitrogen and oxygen atoms in total. The minimum Gasteiger partial charge on any atom is -0.504 e. The largest absolute Gasteiger partial charge is 0.504 e. The lowest BCUT2D eigenvalue weighted by Crippen LogP contribution is -2.15. The molecular weight excluding hydrogens is 316 g/mol. The molecule has 1 aromatic carbocycles. The third kappa shape index (κ3) is 5.63. The standard InChI is InChI=1S/C25H38O/c1-3-4-20-5-7-21(8-6-20)9-10-22-11-15-24(16-12-22)25-17-13-23(14-18-25)19-26-2/h11-12,15-16,19-21,25H,3-10,13-14,17-18H2,1-2H3. The van der Waals surface area contributed by atoms with Crippen molar-refractivity contribution < 1.29 is 4.74 Å². The molecule has 0 aliphatic heterocycles. The number of benzene rings is 1. The molecule has 2 aliphatic carbocycles. The summed E-state index contributed by atoms with van der Waals surface area (Å²) < 4.78 is 5.17. The van der Waals surface area contributed by atoms with Crippen LogP contribution in [0.4, 0.5) is 0 Å². The molecule has 0 saturated heterocycles. The van der Waals surface area contributed by atoms with Crippen molar-refractivity contribution in [1.29, 1.82) is 0 Å². The zero-order valence-corrected chi connectivity index (χ0v) is 17.0. The van der Waals surface area contributed by atoms with Gasteiger partial charge in [-0.25, -0.2) is 0 Å². The van der Waals surface area contributed by atoms with Crippen LogP contribution in [0.3, 0.4) is 0 Å². The first kappa shape index (κ1) is 19.5. The molecule has 0 heterocycles. The fraction of sp³-hybridized carbons (Fsp3) is 0.680.